The molecule has 7 aromatic rings. The summed E-state index contributed by atoms with van der Waals surface area (Å²) in [5, 5.41) is 11.1. The van der Waals surface area contributed by atoms with Crippen LogP contribution in [0.25, 0.3) is 65.3 Å². The van der Waals surface area contributed by atoms with Crippen molar-refractivity contribution in [1.82, 2.24) is 0 Å². The maximum absolute atomic E-state index is 2.49. The van der Waals surface area contributed by atoms with Crippen molar-refractivity contribution in [3.63, 3.8) is 0 Å². The molecule has 0 heteroatoms. The number of benzene rings is 7. The lowest BCUT2D eigenvalue weighted by atomic mass is 9.78. The van der Waals surface area contributed by atoms with Crippen LogP contribution in [-0.2, 0) is 10.8 Å². The second kappa shape index (κ2) is 6.45. The van der Waals surface area contributed by atoms with Crippen molar-refractivity contribution in [1.29, 1.82) is 0 Å². The fourth-order valence-electron chi connectivity index (χ4n) is 8.20. The number of hydrogen-bond acceptors (Lipinski definition) is 0. The zero-order chi connectivity index (χ0) is 25.6. The van der Waals surface area contributed by atoms with Crippen molar-refractivity contribution in [3.05, 3.63) is 119 Å². The van der Waals surface area contributed by atoms with Gasteiger partial charge in [0.15, 0.2) is 0 Å². The van der Waals surface area contributed by atoms with E-state index in [-0.39, 0.29) is 10.8 Å². The summed E-state index contributed by atoms with van der Waals surface area (Å²) >= 11 is 0. The van der Waals surface area contributed by atoms with E-state index in [9.17, 15) is 0 Å². The van der Waals surface area contributed by atoms with Gasteiger partial charge in [0.05, 0.1) is 0 Å². The molecular formula is C38H28. The van der Waals surface area contributed by atoms with E-state index in [1.54, 1.807) is 0 Å². The standard InChI is InChI=1S/C38H28/c1-37(2)27-17-7-5-13-23(27)33-29(37)19-21-11-9-16-26-31(21)35(33)25-15-10-12-22-20-30-34(36(26)32(22)25)24-14-6-8-18-28(24)38(30,3)4/h5-20H,1-4H3. The van der Waals surface area contributed by atoms with Crippen molar-refractivity contribution < 1.29 is 0 Å². The Kier molecular flexibility index (Phi) is 3.54. The number of hydrogen-bond donors (Lipinski definition) is 0. The molecule has 2 aliphatic rings. The van der Waals surface area contributed by atoms with E-state index in [0.717, 1.165) is 0 Å². The first kappa shape index (κ1) is 20.8. The predicted molar refractivity (Wildman–Crippen MR) is 163 cm³/mol. The summed E-state index contributed by atoms with van der Waals surface area (Å²) in [6.07, 6.45) is 0. The van der Waals surface area contributed by atoms with Gasteiger partial charge in [-0.05, 0) is 99.7 Å². The lowest BCUT2D eigenvalue weighted by molar-refractivity contribution is 0.661. The molecule has 7 aromatic carbocycles. The Bertz CT molecular complexity index is 2010. The van der Waals surface area contributed by atoms with Gasteiger partial charge in [0.2, 0.25) is 0 Å². The van der Waals surface area contributed by atoms with Gasteiger partial charge in [-0.15, -0.1) is 0 Å². The van der Waals surface area contributed by atoms with Crippen LogP contribution in [-0.4, -0.2) is 0 Å². The van der Waals surface area contributed by atoms with Crippen LogP contribution >= 0.6 is 0 Å². The highest BCUT2D eigenvalue weighted by molar-refractivity contribution is 6.38. The van der Waals surface area contributed by atoms with E-state index in [1.807, 2.05) is 0 Å². The van der Waals surface area contributed by atoms with Gasteiger partial charge in [-0.1, -0.05) is 113 Å². The zero-order valence-electron chi connectivity index (χ0n) is 22.2. The molecule has 0 unspecified atom stereocenters. The molecule has 0 saturated heterocycles. The maximum atomic E-state index is 2.49. The molecule has 0 aliphatic heterocycles. The smallest absolute Gasteiger partial charge is 0.0159 e. The summed E-state index contributed by atoms with van der Waals surface area (Å²) in [6.45, 7) is 9.57. The van der Waals surface area contributed by atoms with Crippen LogP contribution < -0.4 is 0 Å². The highest BCUT2D eigenvalue weighted by Gasteiger charge is 2.40. The second-order valence-electron chi connectivity index (χ2n) is 12.5. The van der Waals surface area contributed by atoms with Crippen molar-refractivity contribution >= 4 is 43.1 Å². The van der Waals surface area contributed by atoms with Crippen molar-refractivity contribution in [3.8, 4) is 22.3 Å². The fraction of sp³-hybridized carbons (Fsp3) is 0.158. The third-order valence-corrected chi connectivity index (χ3v) is 9.96. The van der Waals surface area contributed by atoms with Crippen LogP contribution in [0.4, 0.5) is 0 Å². The van der Waals surface area contributed by atoms with E-state index < -0.39 is 0 Å². The third kappa shape index (κ3) is 2.18. The van der Waals surface area contributed by atoms with Crippen LogP contribution in [0.5, 0.6) is 0 Å². The Morgan fingerprint density at radius 1 is 0.395 bits per heavy atom. The molecule has 0 heterocycles. The molecule has 0 bridgehead atoms. The van der Waals surface area contributed by atoms with Crippen LogP contribution in [0.15, 0.2) is 97.1 Å². The zero-order valence-corrected chi connectivity index (χ0v) is 22.2. The first-order valence-electron chi connectivity index (χ1n) is 13.8. The molecule has 0 fully saturated rings. The minimum Gasteiger partial charge on any atom is -0.0619 e. The Morgan fingerprint density at radius 3 is 1.26 bits per heavy atom. The molecule has 0 atom stereocenters. The molecule has 0 spiro atoms. The summed E-state index contributed by atoms with van der Waals surface area (Å²) in [4.78, 5) is 0. The van der Waals surface area contributed by atoms with Gasteiger partial charge in [0, 0.05) is 10.8 Å². The minimum absolute atomic E-state index is 0.0261. The van der Waals surface area contributed by atoms with E-state index in [4.69, 9.17) is 0 Å². The summed E-state index contributed by atoms with van der Waals surface area (Å²) in [7, 11) is 0. The lowest BCUT2D eigenvalue weighted by Crippen LogP contribution is -2.15. The molecule has 38 heavy (non-hydrogen) atoms. The Balaban J connectivity index is 1.61. The Morgan fingerprint density at radius 2 is 0.816 bits per heavy atom. The van der Waals surface area contributed by atoms with E-state index in [2.05, 4.69) is 125 Å². The molecule has 180 valence electrons. The van der Waals surface area contributed by atoms with Crippen LogP contribution in [0.1, 0.15) is 49.9 Å². The second-order valence-corrected chi connectivity index (χ2v) is 12.5. The first-order chi connectivity index (χ1) is 18.4. The molecular weight excluding hydrogens is 456 g/mol. The average Bonchev–Trinajstić information content (AvgIpc) is 3.30. The van der Waals surface area contributed by atoms with E-state index >= 15 is 0 Å². The molecule has 0 amide bonds. The monoisotopic (exact) mass is 484 g/mol. The molecule has 2 aliphatic carbocycles. The van der Waals surface area contributed by atoms with Gasteiger partial charge in [-0.2, -0.15) is 0 Å². The van der Waals surface area contributed by atoms with Gasteiger partial charge < -0.3 is 0 Å². The topological polar surface area (TPSA) is 0 Å². The van der Waals surface area contributed by atoms with Crippen molar-refractivity contribution in [2.75, 3.05) is 0 Å². The lowest BCUT2D eigenvalue weighted by Gasteiger charge is -2.25. The number of fused-ring (bicyclic) bond motifs is 10. The molecule has 0 nitrogen and oxygen atoms in total. The van der Waals surface area contributed by atoms with Gasteiger partial charge in [0.1, 0.15) is 0 Å². The van der Waals surface area contributed by atoms with Crippen LogP contribution in [0, 0.1) is 0 Å². The van der Waals surface area contributed by atoms with Gasteiger partial charge in [0.25, 0.3) is 0 Å². The third-order valence-electron chi connectivity index (χ3n) is 9.96. The Labute approximate surface area is 222 Å². The predicted octanol–water partition coefficient (Wildman–Crippen LogP) is 10.3. The van der Waals surface area contributed by atoms with Gasteiger partial charge >= 0.3 is 0 Å². The average molecular weight is 485 g/mol. The van der Waals surface area contributed by atoms with E-state index in [0.29, 0.717) is 0 Å². The normalized spacial score (nSPS) is 16.3. The van der Waals surface area contributed by atoms with E-state index in [1.165, 1.54) is 87.6 Å². The molecule has 9 rings (SSSR count). The van der Waals surface area contributed by atoms with Crippen molar-refractivity contribution in [2.24, 2.45) is 0 Å². The van der Waals surface area contributed by atoms with Gasteiger partial charge in [-0.3, -0.25) is 0 Å². The van der Waals surface area contributed by atoms with Gasteiger partial charge in [-0.25, -0.2) is 0 Å². The largest absolute Gasteiger partial charge is 0.0619 e. The van der Waals surface area contributed by atoms with Crippen molar-refractivity contribution in [2.45, 2.75) is 38.5 Å². The highest BCUT2D eigenvalue weighted by atomic mass is 14.4. The van der Waals surface area contributed by atoms with Crippen LogP contribution in [0.3, 0.4) is 0 Å². The minimum atomic E-state index is -0.0261. The SMILES string of the molecule is CC1(C)c2ccccc2-c2c1cc1cccc3c4c5c(cc6cccc(c2c13)c64)C(C)(C)c1ccccc1-5. The summed E-state index contributed by atoms with van der Waals surface area (Å²) in [6, 6.07) is 37.1. The maximum Gasteiger partial charge on any atom is 0.0159 e. The Hall–Kier alpha value is -4.16. The highest BCUT2D eigenvalue weighted by Crippen LogP contribution is 2.58. The summed E-state index contributed by atoms with van der Waals surface area (Å²) in [5.74, 6) is 0. The van der Waals surface area contributed by atoms with Crippen LogP contribution in [0.2, 0.25) is 0 Å². The molecule has 0 N–H and O–H groups in total. The quantitative estimate of drug-likeness (QED) is 0.148. The molecule has 0 aromatic heterocycles. The summed E-state index contributed by atoms with van der Waals surface area (Å²) < 4.78 is 0. The summed E-state index contributed by atoms with van der Waals surface area (Å²) in [5.41, 5.74) is 11.4. The molecule has 0 radical (unpaired) electrons. The number of rotatable bonds is 0. The first-order valence-corrected chi connectivity index (χ1v) is 13.8. The molecule has 0 saturated carbocycles. The fourth-order valence-corrected chi connectivity index (χ4v) is 8.20.